The molecule has 2 aliphatic carbocycles. The van der Waals surface area contributed by atoms with Gasteiger partial charge in [0.05, 0.1) is 0 Å². The monoisotopic (exact) mass is 278 g/mol. The second kappa shape index (κ2) is 5.33. The van der Waals surface area contributed by atoms with Crippen LogP contribution in [0.1, 0.15) is 81.1 Å². The standard InChI is InChI=1S/C20H38/c1-13-9-16(19(3,4)5)11-15-12-17(20(6,7)8)10-14(2)18(13)15/h13-18H,9-12H2,1-8H3. The molecule has 0 aliphatic heterocycles. The Morgan fingerprint density at radius 2 is 0.950 bits per heavy atom. The van der Waals surface area contributed by atoms with Crippen molar-refractivity contribution < 1.29 is 0 Å². The summed E-state index contributed by atoms with van der Waals surface area (Å²) in [5, 5.41) is 0. The summed E-state index contributed by atoms with van der Waals surface area (Å²) in [5.41, 5.74) is 0.994. The van der Waals surface area contributed by atoms with E-state index in [0.29, 0.717) is 10.8 Å². The Morgan fingerprint density at radius 1 is 0.600 bits per heavy atom. The predicted molar refractivity (Wildman–Crippen MR) is 89.7 cm³/mol. The van der Waals surface area contributed by atoms with Gasteiger partial charge in [0.15, 0.2) is 0 Å². The highest BCUT2D eigenvalue weighted by atomic mass is 14.5. The van der Waals surface area contributed by atoms with E-state index >= 15 is 0 Å². The van der Waals surface area contributed by atoms with E-state index in [1.54, 1.807) is 0 Å². The van der Waals surface area contributed by atoms with Crippen molar-refractivity contribution in [3.8, 4) is 0 Å². The Bertz CT molecular complexity index is 295. The minimum Gasteiger partial charge on any atom is -0.0622 e. The maximum absolute atomic E-state index is 2.55. The first kappa shape index (κ1) is 16.4. The van der Waals surface area contributed by atoms with E-state index in [-0.39, 0.29) is 0 Å². The smallest absolute Gasteiger partial charge is 0.0334 e. The van der Waals surface area contributed by atoms with Crippen molar-refractivity contribution in [1.29, 1.82) is 0 Å². The fourth-order valence-corrected chi connectivity index (χ4v) is 5.45. The SMILES string of the molecule is CC1CC(C(C)(C)C)CC2CC(C(C)(C)C)CC(C)C12. The highest BCUT2D eigenvalue weighted by molar-refractivity contribution is 4.96. The van der Waals surface area contributed by atoms with Gasteiger partial charge in [-0.3, -0.25) is 0 Å². The number of hydrogen-bond donors (Lipinski definition) is 0. The zero-order chi connectivity index (χ0) is 15.3. The molecule has 2 aliphatic rings. The summed E-state index contributed by atoms with van der Waals surface area (Å²) in [4.78, 5) is 0. The molecular formula is C20H38. The third-order valence-corrected chi connectivity index (χ3v) is 6.80. The Morgan fingerprint density at radius 3 is 1.25 bits per heavy atom. The summed E-state index contributed by atoms with van der Waals surface area (Å²) in [6.45, 7) is 19.8. The number of rotatable bonds is 0. The normalized spacial score (nSPS) is 43.2. The first-order valence-electron chi connectivity index (χ1n) is 9.00. The quantitative estimate of drug-likeness (QED) is 0.480. The molecule has 0 aromatic rings. The first-order chi connectivity index (χ1) is 9.00. The number of hydrogen-bond acceptors (Lipinski definition) is 0. The zero-order valence-electron chi connectivity index (χ0n) is 15.3. The Kier molecular flexibility index (Phi) is 4.36. The van der Waals surface area contributed by atoms with E-state index in [0.717, 1.165) is 35.5 Å². The molecule has 0 spiro atoms. The molecule has 0 aromatic carbocycles. The lowest BCUT2D eigenvalue weighted by molar-refractivity contribution is -0.0366. The Balaban J connectivity index is 2.16. The van der Waals surface area contributed by atoms with Crippen LogP contribution < -0.4 is 0 Å². The highest BCUT2D eigenvalue weighted by Crippen LogP contribution is 2.55. The summed E-state index contributed by atoms with van der Waals surface area (Å²) in [5.74, 6) is 5.75. The van der Waals surface area contributed by atoms with Crippen LogP contribution in [0.25, 0.3) is 0 Å². The lowest BCUT2D eigenvalue weighted by Crippen LogP contribution is -2.45. The van der Waals surface area contributed by atoms with E-state index in [2.05, 4.69) is 55.4 Å². The Hall–Kier alpha value is 0. The molecule has 0 radical (unpaired) electrons. The summed E-state index contributed by atoms with van der Waals surface area (Å²) >= 11 is 0. The fraction of sp³-hybridized carbons (Fsp3) is 1.00. The average Bonchev–Trinajstić information content (AvgIpc) is 2.25. The summed E-state index contributed by atoms with van der Waals surface area (Å²) < 4.78 is 0. The van der Waals surface area contributed by atoms with Crippen LogP contribution in [0.3, 0.4) is 0 Å². The van der Waals surface area contributed by atoms with Gasteiger partial charge in [-0.2, -0.15) is 0 Å². The lowest BCUT2D eigenvalue weighted by Gasteiger charge is -2.53. The van der Waals surface area contributed by atoms with Gasteiger partial charge in [-0.25, -0.2) is 0 Å². The van der Waals surface area contributed by atoms with Gasteiger partial charge < -0.3 is 0 Å². The fourth-order valence-electron chi connectivity index (χ4n) is 5.45. The molecule has 0 heteroatoms. The molecule has 20 heavy (non-hydrogen) atoms. The van der Waals surface area contributed by atoms with Gasteiger partial charge in [-0.05, 0) is 72.0 Å². The molecule has 0 amide bonds. The molecule has 4 unspecified atom stereocenters. The van der Waals surface area contributed by atoms with Gasteiger partial charge in [0.1, 0.15) is 0 Å². The molecule has 4 atom stereocenters. The van der Waals surface area contributed by atoms with E-state index < -0.39 is 0 Å². The van der Waals surface area contributed by atoms with Crippen molar-refractivity contribution in [2.75, 3.05) is 0 Å². The molecule has 118 valence electrons. The molecule has 2 rings (SSSR count). The summed E-state index contributed by atoms with van der Waals surface area (Å²) in [6, 6.07) is 0. The van der Waals surface area contributed by atoms with E-state index in [9.17, 15) is 0 Å². The largest absolute Gasteiger partial charge is 0.0622 e. The van der Waals surface area contributed by atoms with Crippen LogP contribution in [0.15, 0.2) is 0 Å². The van der Waals surface area contributed by atoms with Gasteiger partial charge >= 0.3 is 0 Å². The van der Waals surface area contributed by atoms with Crippen LogP contribution in [0, 0.1) is 46.3 Å². The molecule has 0 saturated heterocycles. The molecule has 0 aromatic heterocycles. The summed E-state index contributed by atoms with van der Waals surface area (Å²) in [6.07, 6.45) is 5.93. The summed E-state index contributed by atoms with van der Waals surface area (Å²) in [7, 11) is 0. The van der Waals surface area contributed by atoms with Crippen LogP contribution >= 0.6 is 0 Å². The Labute approximate surface area is 128 Å². The molecular weight excluding hydrogens is 240 g/mol. The lowest BCUT2D eigenvalue weighted by atomic mass is 9.52. The van der Waals surface area contributed by atoms with E-state index in [4.69, 9.17) is 0 Å². The van der Waals surface area contributed by atoms with Crippen molar-refractivity contribution in [3.05, 3.63) is 0 Å². The minimum absolute atomic E-state index is 0.497. The van der Waals surface area contributed by atoms with Crippen LogP contribution in [0.5, 0.6) is 0 Å². The van der Waals surface area contributed by atoms with Gasteiger partial charge in [0.2, 0.25) is 0 Å². The molecule has 0 N–H and O–H groups in total. The zero-order valence-corrected chi connectivity index (χ0v) is 15.3. The van der Waals surface area contributed by atoms with Crippen LogP contribution in [-0.4, -0.2) is 0 Å². The molecule has 0 nitrogen and oxygen atoms in total. The minimum atomic E-state index is 0.497. The van der Waals surface area contributed by atoms with Crippen LogP contribution in [0.2, 0.25) is 0 Å². The van der Waals surface area contributed by atoms with Crippen LogP contribution in [0.4, 0.5) is 0 Å². The topological polar surface area (TPSA) is 0 Å². The number of fused-ring (bicyclic) bond motifs is 1. The van der Waals surface area contributed by atoms with Gasteiger partial charge in [0, 0.05) is 0 Å². The van der Waals surface area contributed by atoms with E-state index in [1.165, 1.54) is 25.7 Å². The third kappa shape index (κ3) is 3.25. The van der Waals surface area contributed by atoms with Gasteiger partial charge in [-0.1, -0.05) is 55.4 Å². The second-order valence-electron chi connectivity index (χ2n) is 10.4. The van der Waals surface area contributed by atoms with E-state index in [1.807, 2.05) is 0 Å². The van der Waals surface area contributed by atoms with Crippen LogP contribution in [-0.2, 0) is 0 Å². The second-order valence-corrected chi connectivity index (χ2v) is 10.4. The van der Waals surface area contributed by atoms with Crippen molar-refractivity contribution >= 4 is 0 Å². The molecule has 0 bridgehead atoms. The maximum Gasteiger partial charge on any atom is -0.0334 e. The first-order valence-corrected chi connectivity index (χ1v) is 9.00. The molecule has 2 saturated carbocycles. The van der Waals surface area contributed by atoms with Gasteiger partial charge in [0.25, 0.3) is 0 Å². The predicted octanol–water partition coefficient (Wildman–Crippen LogP) is 6.40. The highest BCUT2D eigenvalue weighted by Gasteiger charge is 2.46. The van der Waals surface area contributed by atoms with Crippen molar-refractivity contribution in [3.63, 3.8) is 0 Å². The van der Waals surface area contributed by atoms with Gasteiger partial charge in [-0.15, -0.1) is 0 Å². The van der Waals surface area contributed by atoms with Crippen molar-refractivity contribution in [2.45, 2.75) is 81.1 Å². The van der Waals surface area contributed by atoms with Crippen molar-refractivity contribution in [1.82, 2.24) is 0 Å². The average molecular weight is 279 g/mol. The maximum atomic E-state index is 2.55. The molecule has 0 heterocycles. The third-order valence-electron chi connectivity index (χ3n) is 6.80. The molecule has 2 fully saturated rings. The van der Waals surface area contributed by atoms with Crippen molar-refractivity contribution in [2.24, 2.45) is 46.3 Å².